The number of aliphatic hydroxyl groups excluding tert-OH is 1. The first-order chi connectivity index (χ1) is 8.61. The summed E-state index contributed by atoms with van der Waals surface area (Å²) in [5, 5.41) is 9.62. The van der Waals surface area contributed by atoms with Gasteiger partial charge in [-0.2, -0.15) is 0 Å². The van der Waals surface area contributed by atoms with Crippen molar-refractivity contribution in [2.45, 2.75) is 39.3 Å². The lowest BCUT2D eigenvalue weighted by Crippen LogP contribution is -2.37. The van der Waals surface area contributed by atoms with Gasteiger partial charge >= 0.3 is 0 Å². The molecule has 1 aromatic rings. The highest BCUT2D eigenvalue weighted by atomic mass is 16.3. The predicted molar refractivity (Wildman–Crippen MR) is 75.7 cm³/mol. The molecule has 0 bridgehead atoms. The molecule has 0 saturated carbocycles. The fraction of sp³-hybridized carbons (Fsp3) is 0.600. The van der Waals surface area contributed by atoms with Gasteiger partial charge in [-0.3, -0.25) is 0 Å². The summed E-state index contributed by atoms with van der Waals surface area (Å²) in [6.07, 6.45) is 1.98. The zero-order chi connectivity index (χ0) is 13.1. The van der Waals surface area contributed by atoms with Gasteiger partial charge in [-0.15, -0.1) is 0 Å². The molecule has 1 aromatic carbocycles. The van der Waals surface area contributed by atoms with Gasteiger partial charge in [0.05, 0.1) is 6.10 Å². The Morgan fingerprint density at radius 3 is 2.56 bits per heavy atom. The standard InChI is InChI=1S/C15H24N2O/c1-11-9-13(10-16)3-4-15(11)17-7-5-14(6-8-17)12(2)18/h3-4,9,12,14,18H,5-8,10,16H2,1-2H3. The van der Waals surface area contributed by atoms with Crippen LogP contribution in [0.3, 0.4) is 0 Å². The van der Waals surface area contributed by atoms with Crippen LogP contribution in [0, 0.1) is 12.8 Å². The number of nitrogens with zero attached hydrogens (tertiary/aromatic N) is 1. The molecule has 3 nitrogen and oxygen atoms in total. The summed E-state index contributed by atoms with van der Waals surface area (Å²) in [5.41, 5.74) is 9.46. The Morgan fingerprint density at radius 2 is 2.06 bits per heavy atom. The van der Waals surface area contributed by atoms with Crippen LogP contribution >= 0.6 is 0 Å². The molecule has 0 aliphatic carbocycles. The first-order valence-corrected chi connectivity index (χ1v) is 6.84. The second kappa shape index (κ2) is 5.72. The van der Waals surface area contributed by atoms with Gasteiger partial charge in [0.1, 0.15) is 0 Å². The van der Waals surface area contributed by atoms with Gasteiger partial charge in [0.15, 0.2) is 0 Å². The quantitative estimate of drug-likeness (QED) is 0.860. The number of benzene rings is 1. The van der Waals surface area contributed by atoms with Crippen molar-refractivity contribution in [3.05, 3.63) is 29.3 Å². The largest absolute Gasteiger partial charge is 0.393 e. The van der Waals surface area contributed by atoms with Crippen molar-refractivity contribution in [1.29, 1.82) is 0 Å². The smallest absolute Gasteiger partial charge is 0.0541 e. The van der Waals surface area contributed by atoms with Gasteiger partial charge in [-0.05, 0) is 49.8 Å². The number of rotatable bonds is 3. The molecule has 0 spiro atoms. The van der Waals surface area contributed by atoms with Crippen molar-refractivity contribution in [2.24, 2.45) is 11.7 Å². The molecule has 1 heterocycles. The molecule has 1 fully saturated rings. The molecule has 2 rings (SSSR count). The van der Waals surface area contributed by atoms with Gasteiger partial charge in [0, 0.05) is 25.3 Å². The first-order valence-electron chi connectivity index (χ1n) is 6.84. The van der Waals surface area contributed by atoms with Crippen molar-refractivity contribution >= 4 is 5.69 Å². The number of hydrogen-bond donors (Lipinski definition) is 2. The highest BCUT2D eigenvalue weighted by Crippen LogP contribution is 2.28. The average Bonchev–Trinajstić information content (AvgIpc) is 2.38. The van der Waals surface area contributed by atoms with Crippen molar-refractivity contribution in [3.63, 3.8) is 0 Å². The topological polar surface area (TPSA) is 49.5 Å². The summed E-state index contributed by atoms with van der Waals surface area (Å²) < 4.78 is 0. The van der Waals surface area contributed by atoms with Crippen LogP contribution in [-0.4, -0.2) is 24.3 Å². The van der Waals surface area contributed by atoms with E-state index >= 15 is 0 Å². The molecule has 1 atom stereocenters. The number of nitrogens with two attached hydrogens (primary N) is 1. The van der Waals surface area contributed by atoms with Crippen LogP contribution in [0.15, 0.2) is 18.2 Å². The van der Waals surface area contributed by atoms with E-state index in [0.29, 0.717) is 12.5 Å². The Bertz CT molecular complexity index is 395. The fourth-order valence-corrected chi connectivity index (χ4v) is 2.82. The van der Waals surface area contributed by atoms with Crippen LogP contribution in [-0.2, 0) is 6.54 Å². The molecule has 18 heavy (non-hydrogen) atoms. The van der Waals surface area contributed by atoms with Crippen LogP contribution in [0.1, 0.15) is 30.9 Å². The average molecular weight is 248 g/mol. The fourth-order valence-electron chi connectivity index (χ4n) is 2.82. The molecule has 0 aromatic heterocycles. The predicted octanol–water partition coefficient (Wildman–Crippen LogP) is 2.05. The Balaban J connectivity index is 2.05. The molecule has 0 radical (unpaired) electrons. The maximum atomic E-state index is 9.62. The van der Waals surface area contributed by atoms with E-state index in [0.717, 1.165) is 25.9 Å². The molecule has 1 aliphatic rings. The molecular formula is C15H24N2O. The highest BCUT2D eigenvalue weighted by molar-refractivity contribution is 5.54. The summed E-state index contributed by atoms with van der Waals surface area (Å²) >= 11 is 0. The van der Waals surface area contributed by atoms with Gasteiger partial charge in [-0.1, -0.05) is 12.1 Å². The zero-order valence-corrected chi connectivity index (χ0v) is 11.4. The van der Waals surface area contributed by atoms with E-state index in [-0.39, 0.29) is 6.10 Å². The van der Waals surface area contributed by atoms with Crippen LogP contribution in [0.2, 0.25) is 0 Å². The monoisotopic (exact) mass is 248 g/mol. The Hall–Kier alpha value is -1.06. The third-order valence-electron chi connectivity index (χ3n) is 4.06. The lowest BCUT2D eigenvalue weighted by molar-refractivity contribution is 0.110. The van der Waals surface area contributed by atoms with E-state index in [1.54, 1.807) is 0 Å². The van der Waals surface area contributed by atoms with Gasteiger partial charge in [0.25, 0.3) is 0 Å². The number of aliphatic hydroxyl groups is 1. The van der Waals surface area contributed by atoms with Gasteiger partial charge in [-0.25, -0.2) is 0 Å². The van der Waals surface area contributed by atoms with E-state index < -0.39 is 0 Å². The normalized spacial score (nSPS) is 19.0. The van der Waals surface area contributed by atoms with E-state index in [2.05, 4.69) is 30.0 Å². The maximum Gasteiger partial charge on any atom is 0.0541 e. The van der Waals surface area contributed by atoms with E-state index in [1.807, 2.05) is 6.92 Å². The van der Waals surface area contributed by atoms with Crippen LogP contribution < -0.4 is 10.6 Å². The number of hydrogen-bond acceptors (Lipinski definition) is 3. The number of piperidine rings is 1. The second-order valence-electron chi connectivity index (χ2n) is 5.39. The minimum Gasteiger partial charge on any atom is -0.393 e. The molecule has 3 N–H and O–H groups in total. The van der Waals surface area contributed by atoms with Crippen LogP contribution in [0.5, 0.6) is 0 Å². The van der Waals surface area contributed by atoms with E-state index in [4.69, 9.17) is 5.73 Å². The molecule has 1 saturated heterocycles. The minimum absolute atomic E-state index is 0.173. The molecule has 100 valence electrons. The first kappa shape index (κ1) is 13.4. The SMILES string of the molecule is Cc1cc(CN)ccc1N1CCC(C(C)O)CC1. The summed E-state index contributed by atoms with van der Waals surface area (Å²) in [7, 11) is 0. The van der Waals surface area contributed by atoms with Crippen molar-refractivity contribution in [1.82, 2.24) is 0 Å². The Kier molecular flexibility index (Phi) is 4.25. The molecule has 3 heteroatoms. The van der Waals surface area contributed by atoms with Crippen LogP contribution in [0.25, 0.3) is 0 Å². The number of anilines is 1. The minimum atomic E-state index is -0.173. The Morgan fingerprint density at radius 1 is 1.39 bits per heavy atom. The third kappa shape index (κ3) is 2.85. The summed E-state index contributed by atoms with van der Waals surface area (Å²) in [5.74, 6) is 0.463. The van der Waals surface area contributed by atoms with E-state index in [9.17, 15) is 5.11 Å². The zero-order valence-electron chi connectivity index (χ0n) is 11.4. The molecular weight excluding hydrogens is 224 g/mol. The number of aryl methyl sites for hydroxylation is 1. The highest BCUT2D eigenvalue weighted by Gasteiger charge is 2.23. The molecule has 1 unspecified atom stereocenters. The van der Waals surface area contributed by atoms with Crippen molar-refractivity contribution in [2.75, 3.05) is 18.0 Å². The van der Waals surface area contributed by atoms with E-state index in [1.165, 1.54) is 16.8 Å². The molecule has 1 aliphatic heterocycles. The van der Waals surface area contributed by atoms with Crippen molar-refractivity contribution < 1.29 is 5.11 Å². The summed E-state index contributed by atoms with van der Waals surface area (Å²) in [6.45, 7) is 6.73. The summed E-state index contributed by atoms with van der Waals surface area (Å²) in [6, 6.07) is 6.47. The lowest BCUT2D eigenvalue weighted by Gasteiger charge is -2.35. The van der Waals surface area contributed by atoms with Gasteiger partial charge < -0.3 is 15.7 Å². The lowest BCUT2D eigenvalue weighted by atomic mass is 9.91. The van der Waals surface area contributed by atoms with Crippen LogP contribution in [0.4, 0.5) is 5.69 Å². The second-order valence-corrected chi connectivity index (χ2v) is 5.39. The summed E-state index contributed by atoms with van der Waals surface area (Å²) in [4.78, 5) is 2.43. The molecule has 0 amide bonds. The maximum absolute atomic E-state index is 9.62. The van der Waals surface area contributed by atoms with Gasteiger partial charge in [0.2, 0.25) is 0 Å². The Labute approximate surface area is 110 Å². The van der Waals surface area contributed by atoms with Crippen molar-refractivity contribution in [3.8, 4) is 0 Å². The third-order valence-corrected chi connectivity index (χ3v) is 4.06.